The fourth-order valence-electron chi connectivity index (χ4n) is 1.82. The maximum Gasteiger partial charge on any atom is 0.221 e. The van der Waals surface area contributed by atoms with E-state index in [2.05, 4.69) is 5.32 Å². The number of carbonyl (C=O) groups excluding carboxylic acids is 1. The minimum atomic E-state index is -0.520. The van der Waals surface area contributed by atoms with Crippen LogP contribution in [-0.2, 0) is 4.79 Å². The molecule has 0 unspecified atom stereocenters. The Hall–Kier alpha value is -2.09. The monoisotopic (exact) mass is 233 g/mol. The van der Waals surface area contributed by atoms with Crippen molar-refractivity contribution in [2.75, 3.05) is 24.5 Å². The summed E-state index contributed by atoms with van der Waals surface area (Å²) in [5.41, 5.74) is 0.746. The van der Waals surface area contributed by atoms with Crippen LogP contribution in [0.15, 0.2) is 18.2 Å². The summed E-state index contributed by atoms with van der Waals surface area (Å²) in [6, 6.07) is 6.30. The van der Waals surface area contributed by atoms with Gasteiger partial charge < -0.3 is 10.2 Å². The van der Waals surface area contributed by atoms with Crippen LogP contribution in [0.2, 0.25) is 0 Å². The average molecular weight is 233 g/mol. The number of nitriles is 1. The van der Waals surface area contributed by atoms with Crippen molar-refractivity contribution in [2.45, 2.75) is 6.42 Å². The predicted molar refractivity (Wildman–Crippen MR) is 61.0 cm³/mol. The second-order valence-electron chi connectivity index (χ2n) is 3.86. The fourth-order valence-corrected chi connectivity index (χ4v) is 1.82. The molecule has 0 aliphatic carbocycles. The molecule has 0 radical (unpaired) electrons. The van der Waals surface area contributed by atoms with E-state index in [1.165, 1.54) is 12.1 Å². The number of nitrogens with zero attached hydrogens (tertiary/aromatic N) is 2. The number of benzene rings is 1. The number of rotatable bonds is 1. The van der Waals surface area contributed by atoms with Crippen molar-refractivity contribution in [2.24, 2.45) is 0 Å². The average Bonchev–Trinajstić information content (AvgIpc) is 2.54. The Balaban J connectivity index is 2.19. The molecule has 1 aromatic carbocycles. The molecule has 1 aliphatic heterocycles. The van der Waals surface area contributed by atoms with Crippen LogP contribution in [0.5, 0.6) is 0 Å². The first kappa shape index (κ1) is 11.4. The van der Waals surface area contributed by atoms with Crippen LogP contribution in [0.25, 0.3) is 0 Å². The van der Waals surface area contributed by atoms with E-state index >= 15 is 0 Å². The lowest BCUT2D eigenvalue weighted by Crippen LogP contribution is -2.28. The lowest BCUT2D eigenvalue weighted by Gasteiger charge is -2.21. The highest BCUT2D eigenvalue weighted by Crippen LogP contribution is 2.19. The first-order valence-corrected chi connectivity index (χ1v) is 5.42. The van der Waals surface area contributed by atoms with E-state index in [-0.39, 0.29) is 11.5 Å². The minimum absolute atomic E-state index is 0.0154. The van der Waals surface area contributed by atoms with Gasteiger partial charge in [0.15, 0.2) is 0 Å². The Kier molecular flexibility index (Phi) is 3.24. The molecule has 1 heterocycles. The summed E-state index contributed by atoms with van der Waals surface area (Å²) in [6.45, 7) is 1.77. The van der Waals surface area contributed by atoms with Gasteiger partial charge in [-0.1, -0.05) is 0 Å². The van der Waals surface area contributed by atoms with Crippen molar-refractivity contribution in [3.8, 4) is 6.07 Å². The van der Waals surface area contributed by atoms with E-state index in [0.717, 1.165) is 0 Å². The SMILES string of the molecule is N#Cc1ccc(N2CCNC(=O)CC2)cc1F. The van der Waals surface area contributed by atoms with Gasteiger partial charge in [-0.2, -0.15) is 5.26 Å². The van der Waals surface area contributed by atoms with Gasteiger partial charge in [-0.15, -0.1) is 0 Å². The molecule has 1 N–H and O–H groups in total. The number of hydrogen-bond acceptors (Lipinski definition) is 3. The standard InChI is InChI=1S/C12H12FN3O/c13-11-7-10(2-1-9(11)8-14)16-5-3-12(17)15-4-6-16/h1-2,7H,3-6H2,(H,15,17). The summed E-state index contributed by atoms with van der Waals surface area (Å²) < 4.78 is 13.5. The maximum atomic E-state index is 13.5. The number of amides is 1. The van der Waals surface area contributed by atoms with Gasteiger partial charge in [0.1, 0.15) is 11.9 Å². The minimum Gasteiger partial charge on any atom is -0.369 e. The summed E-state index contributed by atoms with van der Waals surface area (Å²) in [7, 11) is 0. The normalized spacial score (nSPS) is 16.0. The Morgan fingerprint density at radius 2 is 2.24 bits per heavy atom. The van der Waals surface area contributed by atoms with Crippen molar-refractivity contribution in [3.63, 3.8) is 0 Å². The van der Waals surface area contributed by atoms with E-state index in [1.54, 1.807) is 12.1 Å². The number of anilines is 1. The molecule has 17 heavy (non-hydrogen) atoms. The molecule has 1 fully saturated rings. The highest BCUT2D eigenvalue weighted by Gasteiger charge is 2.14. The third-order valence-electron chi connectivity index (χ3n) is 2.75. The Bertz CT molecular complexity index is 481. The molecule has 1 amide bonds. The van der Waals surface area contributed by atoms with E-state index in [4.69, 9.17) is 5.26 Å². The smallest absolute Gasteiger partial charge is 0.221 e. The third kappa shape index (κ3) is 2.53. The van der Waals surface area contributed by atoms with Crippen molar-refractivity contribution in [1.82, 2.24) is 5.32 Å². The second kappa shape index (κ2) is 4.83. The number of carbonyl (C=O) groups is 1. The summed E-state index contributed by atoms with van der Waals surface area (Å²) >= 11 is 0. The van der Waals surface area contributed by atoms with Crippen molar-refractivity contribution in [1.29, 1.82) is 5.26 Å². The van der Waals surface area contributed by atoms with Gasteiger partial charge in [0.05, 0.1) is 5.56 Å². The number of halogens is 1. The molecule has 0 aromatic heterocycles. The van der Waals surface area contributed by atoms with Crippen LogP contribution in [0.3, 0.4) is 0 Å². The molecule has 0 atom stereocenters. The molecule has 0 spiro atoms. The highest BCUT2D eigenvalue weighted by molar-refractivity contribution is 5.77. The zero-order valence-corrected chi connectivity index (χ0v) is 9.24. The van der Waals surface area contributed by atoms with Crippen molar-refractivity contribution < 1.29 is 9.18 Å². The molecule has 1 aliphatic rings. The first-order chi connectivity index (χ1) is 8.20. The van der Waals surface area contributed by atoms with Gasteiger partial charge in [0, 0.05) is 31.7 Å². The van der Waals surface area contributed by atoms with E-state index in [9.17, 15) is 9.18 Å². The molecular formula is C12H12FN3O. The van der Waals surface area contributed by atoms with Gasteiger partial charge >= 0.3 is 0 Å². The van der Waals surface area contributed by atoms with Crippen LogP contribution in [0.4, 0.5) is 10.1 Å². The zero-order chi connectivity index (χ0) is 12.3. The van der Waals surface area contributed by atoms with Gasteiger partial charge in [-0.3, -0.25) is 4.79 Å². The highest BCUT2D eigenvalue weighted by atomic mass is 19.1. The molecule has 0 bridgehead atoms. The number of hydrogen-bond donors (Lipinski definition) is 1. The molecule has 88 valence electrons. The zero-order valence-electron chi connectivity index (χ0n) is 9.24. The Labute approximate surface area is 98.6 Å². The fraction of sp³-hybridized carbons (Fsp3) is 0.333. The Morgan fingerprint density at radius 1 is 1.41 bits per heavy atom. The Morgan fingerprint density at radius 3 is 2.94 bits per heavy atom. The molecule has 0 saturated carbocycles. The molecule has 2 rings (SSSR count). The summed E-state index contributed by atoms with van der Waals surface area (Å²) in [6.07, 6.45) is 0.404. The van der Waals surface area contributed by atoms with Gasteiger partial charge in [-0.25, -0.2) is 4.39 Å². The topological polar surface area (TPSA) is 56.1 Å². The van der Waals surface area contributed by atoms with Crippen LogP contribution in [0, 0.1) is 17.1 Å². The van der Waals surface area contributed by atoms with Gasteiger partial charge in [0.2, 0.25) is 5.91 Å². The van der Waals surface area contributed by atoms with E-state index in [1.807, 2.05) is 4.90 Å². The molecule has 1 saturated heterocycles. The van der Waals surface area contributed by atoms with Crippen LogP contribution >= 0.6 is 0 Å². The quantitative estimate of drug-likeness (QED) is 0.788. The van der Waals surface area contributed by atoms with E-state index < -0.39 is 5.82 Å². The summed E-state index contributed by atoms with van der Waals surface area (Å²) in [5, 5.41) is 11.4. The van der Waals surface area contributed by atoms with Gasteiger partial charge in [-0.05, 0) is 18.2 Å². The van der Waals surface area contributed by atoms with Crippen LogP contribution < -0.4 is 10.2 Å². The summed E-state index contributed by atoms with van der Waals surface area (Å²) in [5.74, 6) is -0.504. The molecule has 4 nitrogen and oxygen atoms in total. The lowest BCUT2D eigenvalue weighted by molar-refractivity contribution is -0.120. The molecule has 5 heteroatoms. The number of nitrogens with one attached hydrogen (secondary N) is 1. The third-order valence-corrected chi connectivity index (χ3v) is 2.75. The first-order valence-electron chi connectivity index (χ1n) is 5.42. The predicted octanol–water partition coefficient (Wildman–Crippen LogP) is 1.02. The summed E-state index contributed by atoms with van der Waals surface area (Å²) in [4.78, 5) is 13.1. The molecule has 1 aromatic rings. The van der Waals surface area contributed by atoms with Crippen molar-refractivity contribution in [3.05, 3.63) is 29.6 Å². The lowest BCUT2D eigenvalue weighted by atomic mass is 10.2. The van der Waals surface area contributed by atoms with Crippen LogP contribution in [0.1, 0.15) is 12.0 Å². The second-order valence-corrected chi connectivity index (χ2v) is 3.86. The molecular weight excluding hydrogens is 221 g/mol. The largest absolute Gasteiger partial charge is 0.369 e. The van der Waals surface area contributed by atoms with Crippen LogP contribution in [-0.4, -0.2) is 25.5 Å². The maximum absolute atomic E-state index is 13.5. The van der Waals surface area contributed by atoms with Gasteiger partial charge in [0.25, 0.3) is 0 Å². The van der Waals surface area contributed by atoms with E-state index in [0.29, 0.717) is 31.7 Å². The van der Waals surface area contributed by atoms with Crippen molar-refractivity contribution >= 4 is 11.6 Å².